The Morgan fingerprint density at radius 1 is 0.731 bits per heavy atom. The van der Waals surface area contributed by atoms with Crippen LogP contribution >= 0.6 is 0 Å². The highest BCUT2D eigenvalue weighted by Crippen LogP contribution is 2.17. The van der Waals surface area contributed by atoms with Gasteiger partial charge in [0.2, 0.25) is 0 Å². The molecule has 0 aromatic carbocycles. The lowest BCUT2D eigenvalue weighted by molar-refractivity contribution is -0.149. The van der Waals surface area contributed by atoms with Crippen molar-refractivity contribution in [1.29, 1.82) is 0 Å². The Kier molecular flexibility index (Phi) is 18.0. The largest absolute Gasteiger partial charge is 0.481 e. The van der Waals surface area contributed by atoms with Gasteiger partial charge in [0.05, 0.1) is 0 Å². The number of esters is 1. The smallest absolute Gasteiger partial charge is 0.305 e. The van der Waals surface area contributed by atoms with Crippen LogP contribution in [0, 0.1) is 0 Å². The summed E-state index contributed by atoms with van der Waals surface area (Å²) in [4.78, 5) is 22.1. The van der Waals surface area contributed by atoms with Crippen LogP contribution in [0.25, 0.3) is 0 Å². The van der Waals surface area contributed by atoms with Crippen LogP contribution in [0.15, 0.2) is 0 Å². The Hall–Kier alpha value is -1.06. The topological polar surface area (TPSA) is 63.6 Å². The highest BCUT2D eigenvalue weighted by molar-refractivity contribution is 5.69. The van der Waals surface area contributed by atoms with E-state index >= 15 is 0 Å². The molecule has 0 aliphatic heterocycles. The van der Waals surface area contributed by atoms with Gasteiger partial charge in [0.1, 0.15) is 6.10 Å². The Labute approximate surface area is 161 Å². The minimum Gasteiger partial charge on any atom is -0.481 e. The van der Waals surface area contributed by atoms with Gasteiger partial charge in [-0.2, -0.15) is 0 Å². The molecule has 4 heteroatoms. The van der Waals surface area contributed by atoms with Crippen molar-refractivity contribution < 1.29 is 19.4 Å². The number of hydrogen-bond acceptors (Lipinski definition) is 3. The molecule has 0 spiro atoms. The molecule has 0 saturated heterocycles. The van der Waals surface area contributed by atoms with E-state index in [0.29, 0.717) is 6.42 Å². The molecule has 1 unspecified atom stereocenters. The highest BCUT2D eigenvalue weighted by Gasteiger charge is 2.13. The van der Waals surface area contributed by atoms with Crippen molar-refractivity contribution in [2.45, 2.75) is 129 Å². The van der Waals surface area contributed by atoms with Crippen LogP contribution in [0.5, 0.6) is 0 Å². The van der Waals surface area contributed by atoms with Gasteiger partial charge in [0, 0.05) is 12.8 Å². The average Bonchev–Trinajstić information content (AvgIpc) is 2.62. The molecule has 0 bridgehead atoms. The first kappa shape index (κ1) is 24.9. The molecule has 0 rings (SSSR count). The molecular weight excluding hydrogens is 328 g/mol. The van der Waals surface area contributed by atoms with Crippen molar-refractivity contribution in [3.63, 3.8) is 0 Å². The maximum absolute atomic E-state index is 11.6. The zero-order valence-corrected chi connectivity index (χ0v) is 17.3. The maximum atomic E-state index is 11.6. The summed E-state index contributed by atoms with van der Waals surface area (Å²) in [6.45, 7) is 4.09. The molecule has 0 radical (unpaired) electrons. The summed E-state index contributed by atoms with van der Waals surface area (Å²) in [5, 5.41) is 8.62. The van der Waals surface area contributed by atoms with Gasteiger partial charge in [0.15, 0.2) is 0 Å². The third-order valence-electron chi connectivity index (χ3n) is 4.88. The second-order valence-electron chi connectivity index (χ2n) is 7.43. The Morgan fingerprint density at radius 2 is 1.19 bits per heavy atom. The second kappa shape index (κ2) is 18.7. The Balaban J connectivity index is 3.77. The van der Waals surface area contributed by atoms with E-state index in [-0.39, 0.29) is 18.5 Å². The number of carboxylic acids is 1. The van der Waals surface area contributed by atoms with Gasteiger partial charge in [-0.25, -0.2) is 0 Å². The number of rotatable bonds is 19. The van der Waals surface area contributed by atoms with Crippen LogP contribution < -0.4 is 0 Å². The summed E-state index contributed by atoms with van der Waals surface area (Å²) in [7, 11) is 0. The Bertz CT molecular complexity index is 341. The number of ether oxygens (including phenoxy) is 1. The number of hydrogen-bond donors (Lipinski definition) is 1. The number of aliphatic carboxylic acids is 1. The minimum absolute atomic E-state index is 0.0709. The van der Waals surface area contributed by atoms with Crippen LogP contribution in [-0.2, 0) is 14.3 Å². The molecule has 154 valence electrons. The standard InChI is InChI=1S/C22H42O4/c1-3-5-6-7-8-9-11-14-17-20(26-22(25)4-2)18-15-12-10-13-16-19-21(23)24/h20H,3-19H2,1-2H3,(H,23,24). The second-order valence-corrected chi connectivity index (χ2v) is 7.43. The molecule has 0 amide bonds. The SMILES string of the molecule is CCCCCCCCCCC(CCCCCCCC(=O)O)OC(=O)CC. The summed E-state index contributed by atoms with van der Waals surface area (Å²) >= 11 is 0. The monoisotopic (exact) mass is 370 g/mol. The molecule has 0 aromatic rings. The first-order chi connectivity index (χ1) is 12.6. The van der Waals surface area contributed by atoms with Crippen LogP contribution in [0.2, 0.25) is 0 Å². The fourth-order valence-corrected chi connectivity index (χ4v) is 3.22. The van der Waals surface area contributed by atoms with Crippen molar-refractivity contribution in [1.82, 2.24) is 0 Å². The van der Waals surface area contributed by atoms with Crippen LogP contribution in [0.1, 0.15) is 123 Å². The van der Waals surface area contributed by atoms with Crippen molar-refractivity contribution in [2.24, 2.45) is 0 Å². The fraction of sp³-hybridized carbons (Fsp3) is 0.909. The molecule has 26 heavy (non-hydrogen) atoms. The molecule has 0 aromatic heterocycles. The lowest BCUT2D eigenvalue weighted by Crippen LogP contribution is -2.17. The molecule has 0 aliphatic rings. The van der Waals surface area contributed by atoms with E-state index in [2.05, 4.69) is 6.92 Å². The third-order valence-corrected chi connectivity index (χ3v) is 4.88. The summed E-state index contributed by atoms with van der Waals surface area (Å²) < 4.78 is 5.60. The lowest BCUT2D eigenvalue weighted by atomic mass is 10.0. The van der Waals surface area contributed by atoms with E-state index in [0.717, 1.165) is 51.4 Å². The molecule has 0 fully saturated rings. The van der Waals surface area contributed by atoms with Crippen LogP contribution in [0.3, 0.4) is 0 Å². The number of carboxylic acid groups (broad SMARTS) is 1. The molecule has 4 nitrogen and oxygen atoms in total. The number of carbonyl (C=O) groups excluding carboxylic acids is 1. The normalized spacial score (nSPS) is 12.1. The zero-order chi connectivity index (χ0) is 19.5. The van der Waals surface area contributed by atoms with E-state index in [1.807, 2.05) is 6.92 Å². The van der Waals surface area contributed by atoms with Gasteiger partial charge >= 0.3 is 11.9 Å². The van der Waals surface area contributed by atoms with E-state index in [1.165, 1.54) is 44.9 Å². The summed E-state index contributed by atoms with van der Waals surface area (Å²) in [6.07, 6.45) is 18.1. The van der Waals surface area contributed by atoms with Gasteiger partial charge in [-0.1, -0.05) is 78.1 Å². The molecule has 1 N–H and O–H groups in total. The molecule has 0 heterocycles. The maximum Gasteiger partial charge on any atom is 0.305 e. The Morgan fingerprint density at radius 3 is 1.65 bits per heavy atom. The van der Waals surface area contributed by atoms with E-state index in [9.17, 15) is 9.59 Å². The van der Waals surface area contributed by atoms with Crippen molar-refractivity contribution in [2.75, 3.05) is 0 Å². The van der Waals surface area contributed by atoms with E-state index in [1.54, 1.807) is 0 Å². The fourth-order valence-electron chi connectivity index (χ4n) is 3.22. The van der Waals surface area contributed by atoms with Gasteiger partial charge in [-0.3, -0.25) is 9.59 Å². The van der Waals surface area contributed by atoms with Crippen molar-refractivity contribution in [3.8, 4) is 0 Å². The van der Waals surface area contributed by atoms with Crippen LogP contribution in [0.4, 0.5) is 0 Å². The first-order valence-corrected chi connectivity index (χ1v) is 11.0. The quantitative estimate of drug-likeness (QED) is 0.204. The summed E-state index contributed by atoms with van der Waals surface area (Å²) in [5.74, 6) is -0.794. The van der Waals surface area contributed by atoms with Gasteiger partial charge in [0.25, 0.3) is 0 Å². The van der Waals surface area contributed by atoms with Crippen molar-refractivity contribution in [3.05, 3.63) is 0 Å². The van der Waals surface area contributed by atoms with Crippen LogP contribution in [-0.4, -0.2) is 23.1 Å². The van der Waals surface area contributed by atoms with Gasteiger partial charge < -0.3 is 9.84 Å². The lowest BCUT2D eigenvalue weighted by Gasteiger charge is -2.17. The predicted molar refractivity (Wildman–Crippen MR) is 107 cm³/mol. The van der Waals surface area contributed by atoms with Gasteiger partial charge in [-0.05, 0) is 32.1 Å². The molecule has 0 saturated carbocycles. The van der Waals surface area contributed by atoms with Crippen molar-refractivity contribution >= 4 is 11.9 Å². The van der Waals surface area contributed by atoms with Gasteiger partial charge in [-0.15, -0.1) is 0 Å². The molecule has 0 aliphatic carbocycles. The summed E-state index contributed by atoms with van der Waals surface area (Å²) in [5.41, 5.74) is 0. The minimum atomic E-state index is -0.707. The van der Waals surface area contributed by atoms with E-state index in [4.69, 9.17) is 9.84 Å². The summed E-state index contributed by atoms with van der Waals surface area (Å²) in [6, 6.07) is 0. The highest BCUT2D eigenvalue weighted by atomic mass is 16.5. The zero-order valence-electron chi connectivity index (χ0n) is 17.3. The number of carbonyl (C=O) groups is 2. The predicted octanol–water partition coefficient (Wildman–Crippen LogP) is 6.65. The molecular formula is C22H42O4. The molecule has 1 atom stereocenters. The number of unbranched alkanes of at least 4 members (excludes halogenated alkanes) is 11. The third kappa shape index (κ3) is 17.8. The van der Waals surface area contributed by atoms with E-state index < -0.39 is 5.97 Å². The first-order valence-electron chi connectivity index (χ1n) is 11.0. The average molecular weight is 371 g/mol.